The highest BCUT2D eigenvalue weighted by atomic mass is 35.5. The second kappa shape index (κ2) is 10.9. The van der Waals surface area contributed by atoms with Crippen molar-refractivity contribution in [2.24, 2.45) is 5.10 Å². The van der Waals surface area contributed by atoms with Gasteiger partial charge in [0.05, 0.1) is 6.21 Å². The Bertz CT molecular complexity index is 1150. The minimum Gasteiger partial charge on any atom is -0.488 e. The lowest BCUT2D eigenvalue weighted by Crippen LogP contribution is -2.32. The third kappa shape index (κ3) is 6.43. The zero-order valence-corrected chi connectivity index (χ0v) is 18.5. The lowest BCUT2D eigenvalue weighted by molar-refractivity contribution is -0.136. The summed E-state index contributed by atoms with van der Waals surface area (Å²) in [4.78, 5) is 23.9. The van der Waals surface area contributed by atoms with Crippen molar-refractivity contribution in [2.45, 2.75) is 6.61 Å². The van der Waals surface area contributed by atoms with Crippen molar-refractivity contribution in [1.29, 1.82) is 0 Å². The summed E-state index contributed by atoms with van der Waals surface area (Å²) >= 11 is 18.4. The van der Waals surface area contributed by atoms with Crippen LogP contribution in [0.1, 0.15) is 11.1 Å². The molecule has 0 spiro atoms. The Balaban J connectivity index is 1.64. The lowest BCUT2D eigenvalue weighted by atomic mass is 10.2. The maximum absolute atomic E-state index is 12.9. The van der Waals surface area contributed by atoms with E-state index < -0.39 is 17.6 Å². The topological polar surface area (TPSA) is 79.8 Å². The Hall–Kier alpha value is -3.13. The van der Waals surface area contributed by atoms with Gasteiger partial charge in [-0.15, -0.1) is 0 Å². The normalized spacial score (nSPS) is 10.8. The summed E-state index contributed by atoms with van der Waals surface area (Å²) < 4.78 is 18.7. The third-order valence-corrected chi connectivity index (χ3v) is 5.03. The molecule has 32 heavy (non-hydrogen) atoms. The highest BCUT2D eigenvalue weighted by molar-refractivity contribution is 6.39. The SMILES string of the molecule is O=C(N/N=C\c1cc(Cl)ccc1OCc1c(Cl)cccc1Cl)C(=O)Nc1ccc(F)cc1. The third-order valence-electron chi connectivity index (χ3n) is 4.08. The van der Waals surface area contributed by atoms with Crippen molar-refractivity contribution in [1.82, 2.24) is 5.43 Å². The van der Waals surface area contributed by atoms with E-state index in [1.807, 2.05) is 0 Å². The molecule has 0 aliphatic heterocycles. The number of carbonyl (C=O) groups is 2. The molecule has 2 amide bonds. The summed E-state index contributed by atoms with van der Waals surface area (Å²) in [7, 11) is 0. The molecule has 0 aliphatic rings. The van der Waals surface area contributed by atoms with E-state index in [-0.39, 0.29) is 12.3 Å². The number of amides is 2. The molecule has 0 fully saturated rings. The van der Waals surface area contributed by atoms with Crippen molar-refractivity contribution in [3.8, 4) is 5.75 Å². The Morgan fingerprint density at radius 2 is 1.66 bits per heavy atom. The molecule has 3 aromatic carbocycles. The van der Waals surface area contributed by atoms with Crippen LogP contribution in [-0.4, -0.2) is 18.0 Å². The van der Waals surface area contributed by atoms with Gasteiger partial charge in [-0.2, -0.15) is 5.10 Å². The predicted octanol–water partition coefficient (Wildman–Crippen LogP) is 5.45. The minimum atomic E-state index is -1.02. The number of halogens is 4. The van der Waals surface area contributed by atoms with Crippen LogP contribution in [0, 0.1) is 5.82 Å². The van der Waals surface area contributed by atoms with Gasteiger partial charge in [-0.1, -0.05) is 40.9 Å². The molecule has 0 radical (unpaired) electrons. The van der Waals surface area contributed by atoms with E-state index in [0.29, 0.717) is 31.9 Å². The van der Waals surface area contributed by atoms with Gasteiger partial charge in [0.25, 0.3) is 0 Å². The van der Waals surface area contributed by atoms with Gasteiger partial charge in [0.15, 0.2) is 0 Å². The van der Waals surface area contributed by atoms with Gasteiger partial charge in [0, 0.05) is 31.9 Å². The molecule has 3 rings (SSSR count). The summed E-state index contributed by atoms with van der Waals surface area (Å²) in [6, 6.07) is 14.9. The molecule has 164 valence electrons. The first-order valence-electron chi connectivity index (χ1n) is 9.08. The molecule has 6 nitrogen and oxygen atoms in total. The van der Waals surface area contributed by atoms with Crippen LogP contribution in [0.15, 0.2) is 65.8 Å². The standard InChI is InChI=1S/C22H15Cl3FN3O3/c23-14-4-9-20(32-12-17-18(24)2-1-3-19(17)25)13(10-14)11-27-29-22(31)21(30)28-16-7-5-15(26)6-8-16/h1-11H,12H2,(H,28,30)(H,29,31)/b27-11-. The van der Waals surface area contributed by atoms with Crippen LogP contribution in [0.25, 0.3) is 0 Å². The fraction of sp³-hybridized carbons (Fsp3) is 0.0455. The largest absolute Gasteiger partial charge is 0.488 e. The molecule has 0 unspecified atom stereocenters. The average molecular weight is 495 g/mol. The molecule has 0 heterocycles. The molecule has 2 N–H and O–H groups in total. The Kier molecular flexibility index (Phi) is 8.05. The summed E-state index contributed by atoms with van der Waals surface area (Å²) in [5, 5.41) is 7.43. The first kappa shape index (κ1) is 23.5. The first-order valence-corrected chi connectivity index (χ1v) is 10.2. The summed E-state index contributed by atoms with van der Waals surface area (Å²) in [5.41, 5.74) is 3.42. The van der Waals surface area contributed by atoms with Crippen molar-refractivity contribution in [3.63, 3.8) is 0 Å². The minimum absolute atomic E-state index is 0.0907. The molecule has 0 aliphatic carbocycles. The molecule has 0 atom stereocenters. The van der Waals surface area contributed by atoms with Gasteiger partial charge in [-0.3, -0.25) is 9.59 Å². The Labute approximate surface area is 197 Å². The van der Waals surface area contributed by atoms with E-state index >= 15 is 0 Å². The fourth-order valence-electron chi connectivity index (χ4n) is 2.50. The van der Waals surface area contributed by atoms with E-state index in [9.17, 15) is 14.0 Å². The van der Waals surface area contributed by atoms with Gasteiger partial charge in [-0.25, -0.2) is 9.82 Å². The van der Waals surface area contributed by atoms with Crippen molar-refractivity contribution in [3.05, 3.63) is 92.7 Å². The van der Waals surface area contributed by atoms with E-state index in [0.717, 1.165) is 12.1 Å². The van der Waals surface area contributed by atoms with Crippen molar-refractivity contribution in [2.75, 3.05) is 5.32 Å². The number of ether oxygens (including phenoxy) is 1. The Morgan fingerprint density at radius 1 is 0.969 bits per heavy atom. The van der Waals surface area contributed by atoms with E-state index in [4.69, 9.17) is 39.5 Å². The van der Waals surface area contributed by atoms with Crippen molar-refractivity contribution >= 4 is 58.5 Å². The molecule has 0 bridgehead atoms. The van der Waals surface area contributed by atoms with Gasteiger partial charge in [-0.05, 0) is 54.6 Å². The predicted molar refractivity (Wildman–Crippen MR) is 123 cm³/mol. The summed E-state index contributed by atoms with van der Waals surface area (Å²) in [6.45, 7) is 0.0907. The van der Waals surface area contributed by atoms with Gasteiger partial charge in [0.1, 0.15) is 18.2 Å². The molecule has 10 heteroatoms. The number of nitrogens with zero attached hydrogens (tertiary/aromatic N) is 1. The monoisotopic (exact) mass is 493 g/mol. The molecule has 0 saturated heterocycles. The van der Waals surface area contributed by atoms with E-state index in [2.05, 4.69) is 15.8 Å². The summed E-state index contributed by atoms with van der Waals surface area (Å²) in [6.07, 6.45) is 1.28. The smallest absolute Gasteiger partial charge is 0.329 e. The highest BCUT2D eigenvalue weighted by Gasteiger charge is 2.13. The maximum atomic E-state index is 12.9. The number of benzene rings is 3. The second-order valence-corrected chi connectivity index (χ2v) is 7.58. The lowest BCUT2D eigenvalue weighted by Gasteiger charge is -2.12. The van der Waals surface area contributed by atoms with Gasteiger partial charge >= 0.3 is 11.8 Å². The quantitative estimate of drug-likeness (QED) is 0.271. The summed E-state index contributed by atoms with van der Waals surface area (Å²) in [5.74, 6) is -2.05. The highest BCUT2D eigenvalue weighted by Crippen LogP contribution is 2.27. The van der Waals surface area contributed by atoms with Crippen molar-refractivity contribution < 1.29 is 18.7 Å². The zero-order chi connectivity index (χ0) is 23.1. The number of rotatable bonds is 6. The number of hydrazone groups is 1. The fourth-order valence-corrected chi connectivity index (χ4v) is 3.19. The maximum Gasteiger partial charge on any atom is 0.329 e. The number of hydrogen-bond donors (Lipinski definition) is 2. The Morgan fingerprint density at radius 3 is 2.34 bits per heavy atom. The van der Waals surface area contributed by atoms with Crippen LogP contribution in [0.4, 0.5) is 10.1 Å². The van der Waals surface area contributed by atoms with Gasteiger partial charge in [0.2, 0.25) is 0 Å². The van der Waals surface area contributed by atoms with Crippen LogP contribution in [0.2, 0.25) is 15.1 Å². The number of nitrogens with one attached hydrogen (secondary N) is 2. The first-order chi connectivity index (χ1) is 15.3. The van der Waals surface area contributed by atoms with E-state index in [1.54, 1.807) is 36.4 Å². The van der Waals surface area contributed by atoms with Crippen LogP contribution >= 0.6 is 34.8 Å². The molecule has 0 saturated carbocycles. The van der Waals surface area contributed by atoms with E-state index in [1.165, 1.54) is 18.3 Å². The molecule has 3 aromatic rings. The zero-order valence-electron chi connectivity index (χ0n) is 16.2. The van der Waals surface area contributed by atoms with Gasteiger partial charge < -0.3 is 10.1 Å². The number of carbonyl (C=O) groups excluding carboxylic acids is 2. The van der Waals surface area contributed by atoms with Crippen LogP contribution in [0.5, 0.6) is 5.75 Å². The number of hydrogen-bond acceptors (Lipinski definition) is 4. The molecular formula is C22H15Cl3FN3O3. The molecular weight excluding hydrogens is 480 g/mol. The molecule has 0 aromatic heterocycles. The average Bonchev–Trinajstić information content (AvgIpc) is 2.76. The van der Waals surface area contributed by atoms with Crippen LogP contribution < -0.4 is 15.5 Å². The van der Waals surface area contributed by atoms with Crippen LogP contribution in [0.3, 0.4) is 0 Å². The van der Waals surface area contributed by atoms with Crippen LogP contribution in [-0.2, 0) is 16.2 Å². The number of anilines is 1. The second-order valence-electron chi connectivity index (χ2n) is 6.33.